The molecule has 0 saturated heterocycles. The SMILES string of the molecule is CN=C(NCCCOCc1ccc(OC)cc1)Nc1cccc(OCCCOC)c1.I. The average molecular weight is 543 g/mol. The van der Waals surface area contributed by atoms with Crippen molar-refractivity contribution >= 4 is 35.6 Å². The summed E-state index contributed by atoms with van der Waals surface area (Å²) in [4.78, 5) is 4.27. The molecule has 0 aliphatic rings. The van der Waals surface area contributed by atoms with E-state index in [-0.39, 0.29) is 24.0 Å². The highest BCUT2D eigenvalue weighted by atomic mass is 127. The molecule has 2 aromatic carbocycles. The lowest BCUT2D eigenvalue weighted by Crippen LogP contribution is -2.31. The van der Waals surface area contributed by atoms with E-state index >= 15 is 0 Å². The van der Waals surface area contributed by atoms with Crippen molar-refractivity contribution in [1.82, 2.24) is 5.32 Å². The van der Waals surface area contributed by atoms with Crippen LogP contribution in [0.1, 0.15) is 18.4 Å². The third-order valence-electron chi connectivity index (χ3n) is 4.27. The Bertz CT molecular complexity index is 757. The zero-order chi connectivity index (χ0) is 21.4. The van der Waals surface area contributed by atoms with Crippen LogP contribution in [-0.2, 0) is 16.1 Å². The minimum absolute atomic E-state index is 0. The maximum absolute atomic E-state index is 5.73. The van der Waals surface area contributed by atoms with Crippen molar-refractivity contribution in [3.05, 3.63) is 54.1 Å². The Hall–Kier alpha value is -2.04. The molecule has 0 atom stereocenters. The summed E-state index contributed by atoms with van der Waals surface area (Å²) in [6.45, 7) is 3.34. The third-order valence-corrected chi connectivity index (χ3v) is 4.27. The van der Waals surface area contributed by atoms with E-state index < -0.39 is 0 Å². The number of hydrogen-bond donors (Lipinski definition) is 2. The number of nitrogens with one attached hydrogen (secondary N) is 2. The summed E-state index contributed by atoms with van der Waals surface area (Å²) in [5.74, 6) is 2.38. The number of guanidine groups is 1. The van der Waals surface area contributed by atoms with Crippen LogP contribution in [0.25, 0.3) is 0 Å². The van der Waals surface area contributed by atoms with Gasteiger partial charge in [-0.2, -0.15) is 0 Å². The van der Waals surface area contributed by atoms with Crippen LogP contribution in [0.5, 0.6) is 11.5 Å². The molecule has 31 heavy (non-hydrogen) atoms. The molecule has 2 N–H and O–H groups in total. The van der Waals surface area contributed by atoms with Crippen molar-refractivity contribution in [2.45, 2.75) is 19.4 Å². The molecular formula is C23H34IN3O4. The molecule has 0 fully saturated rings. The van der Waals surface area contributed by atoms with Crippen molar-refractivity contribution in [2.75, 3.05) is 52.9 Å². The van der Waals surface area contributed by atoms with Gasteiger partial charge in [-0.3, -0.25) is 4.99 Å². The van der Waals surface area contributed by atoms with Gasteiger partial charge in [-0.15, -0.1) is 24.0 Å². The van der Waals surface area contributed by atoms with Crippen LogP contribution in [0.15, 0.2) is 53.5 Å². The minimum atomic E-state index is 0. The minimum Gasteiger partial charge on any atom is -0.497 e. The summed E-state index contributed by atoms with van der Waals surface area (Å²) in [5.41, 5.74) is 2.05. The third kappa shape index (κ3) is 11.2. The molecule has 172 valence electrons. The van der Waals surface area contributed by atoms with Gasteiger partial charge in [0.05, 0.1) is 20.3 Å². The smallest absolute Gasteiger partial charge is 0.195 e. The van der Waals surface area contributed by atoms with Gasteiger partial charge in [-0.05, 0) is 36.2 Å². The van der Waals surface area contributed by atoms with E-state index in [0.717, 1.165) is 42.1 Å². The number of anilines is 1. The van der Waals surface area contributed by atoms with E-state index in [9.17, 15) is 0 Å². The molecule has 0 aliphatic carbocycles. The summed E-state index contributed by atoms with van der Waals surface area (Å²) in [6, 6.07) is 15.7. The van der Waals surface area contributed by atoms with Crippen LogP contribution in [0.3, 0.4) is 0 Å². The highest BCUT2D eigenvalue weighted by molar-refractivity contribution is 14.0. The van der Waals surface area contributed by atoms with Crippen molar-refractivity contribution < 1.29 is 18.9 Å². The highest BCUT2D eigenvalue weighted by Gasteiger charge is 2.02. The first kappa shape index (κ1) is 27.0. The molecule has 2 rings (SSSR count). The molecule has 0 bridgehead atoms. The lowest BCUT2D eigenvalue weighted by atomic mass is 10.2. The van der Waals surface area contributed by atoms with E-state index in [2.05, 4.69) is 15.6 Å². The quantitative estimate of drug-likeness (QED) is 0.170. The highest BCUT2D eigenvalue weighted by Crippen LogP contribution is 2.17. The van der Waals surface area contributed by atoms with E-state index in [1.54, 1.807) is 21.3 Å². The largest absolute Gasteiger partial charge is 0.497 e. The first-order valence-corrected chi connectivity index (χ1v) is 10.2. The second-order valence-corrected chi connectivity index (χ2v) is 6.60. The van der Waals surface area contributed by atoms with Crippen LogP contribution in [0.2, 0.25) is 0 Å². The molecular weight excluding hydrogens is 509 g/mol. The number of methoxy groups -OCH3 is 2. The number of halogens is 1. The van der Waals surface area contributed by atoms with Crippen LogP contribution in [0.4, 0.5) is 5.69 Å². The fraction of sp³-hybridized carbons (Fsp3) is 0.435. The van der Waals surface area contributed by atoms with E-state index in [1.807, 2.05) is 48.5 Å². The summed E-state index contributed by atoms with van der Waals surface area (Å²) >= 11 is 0. The Morgan fingerprint density at radius 3 is 2.45 bits per heavy atom. The van der Waals surface area contributed by atoms with E-state index in [4.69, 9.17) is 18.9 Å². The summed E-state index contributed by atoms with van der Waals surface area (Å²) in [5, 5.41) is 6.58. The number of hydrogen-bond acceptors (Lipinski definition) is 5. The van der Waals surface area contributed by atoms with E-state index in [0.29, 0.717) is 32.4 Å². The zero-order valence-corrected chi connectivity index (χ0v) is 20.9. The number of nitrogens with zero attached hydrogens (tertiary/aromatic N) is 1. The lowest BCUT2D eigenvalue weighted by Gasteiger charge is -2.13. The van der Waals surface area contributed by atoms with Gasteiger partial charge >= 0.3 is 0 Å². The van der Waals surface area contributed by atoms with Gasteiger partial charge in [0.25, 0.3) is 0 Å². The molecule has 0 aliphatic heterocycles. The predicted octanol–water partition coefficient (Wildman–Crippen LogP) is 4.32. The van der Waals surface area contributed by atoms with Gasteiger partial charge < -0.3 is 29.6 Å². The molecule has 8 heteroatoms. The molecule has 0 unspecified atom stereocenters. The topological polar surface area (TPSA) is 73.3 Å². The monoisotopic (exact) mass is 543 g/mol. The molecule has 0 aromatic heterocycles. The van der Waals surface area contributed by atoms with Crippen LogP contribution in [0, 0.1) is 0 Å². The second kappa shape index (κ2) is 16.6. The van der Waals surface area contributed by atoms with Crippen LogP contribution in [-0.4, -0.2) is 53.6 Å². The summed E-state index contributed by atoms with van der Waals surface area (Å²) in [6.07, 6.45) is 1.73. The number of aliphatic imine (C=N–C) groups is 1. The Morgan fingerprint density at radius 2 is 1.74 bits per heavy atom. The fourth-order valence-corrected chi connectivity index (χ4v) is 2.67. The van der Waals surface area contributed by atoms with Crippen molar-refractivity contribution in [3.63, 3.8) is 0 Å². The maximum atomic E-state index is 5.73. The van der Waals surface area contributed by atoms with Gasteiger partial charge in [-0.1, -0.05) is 18.2 Å². The molecule has 2 aromatic rings. The standard InChI is InChI=1S/C23H33N3O4.HI/c1-24-23(26-20-7-4-8-22(17-20)30-16-6-14-27-2)25-13-5-15-29-18-19-9-11-21(28-3)12-10-19;/h4,7-12,17H,5-6,13-16,18H2,1-3H3,(H2,24,25,26);1H. The van der Waals surface area contributed by atoms with Crippen molar-refractivity contribution in [1.29, 1.82) is 0 Å². The van der Waals surface area contributed by atoms with Gasteiger partial charge in [0.2, 0.25) is 0 Å². The Balaban J connectivity index is 0.00000480. The first-order chi connectivity index (χ1) is 14.7. The van der Waals surface area contributed by atoms with Crippen LogP contribution >= 0.6 is 24.0 Å². The van der Waals surface area contributed by atoms with E-state index in [1.165, 1.54) is 0 Å². The van der Waals surface area contributed by atoms with Gasteiger partial charge in [0, 0.05) is 52.1 Å². The van der Waals surface area contributed by atoms with Gasteiger partial charge in [-0.25, -0.2) is 0 Å². The normalized spacial score (nSPS) is 10.9. The van der Waals surface area contributed by atoms with Crippen LogP contribution < -0.4 is 20.1 Å². The van der Waals surface area contributed by atoms with Gasteiger partial charge in [0.1, 0.15) is 11.5 Å². The van der Waals surface area contributed by atoms with Gasteiger partial charge in [0.15, 0.2) is 5.96 Å². The fourth-order valence-electron chi connectivity index (χ4n) is 2.67. The molecule has 0 saturated carbocycles. The predicted molar refractivity (Wildman–Crippen MR) is 136 cm³/mol. The first-order valence-electron chi connectivity index (χ1n) is 10.2. The number of rotatable bonds is 13. The molecule has 0 heterocycles. The lowest BCUT2D eigenvalue weighted by molar-refractivity contribution is 0.119. The zero-order valence-electron chi connectivity index (χ0n) is 18.6. The Labute approximate surface area is 202 Å². The maximum Gasteiger partial charge on any atom is 0.195 e. The summed E-state index contributed by atoms with van der Waals surface area (Å²) in [7, 11) is 5.10. The summed E-state index contributed by atoms with van der Waals surface area (Å²) < 4.78 is 21.7. The second-order valence-electron chi connectivity index (χ2n) is 6.60. The van der Waals surface area contributed by atoms with Crippen molar-refractivity contribution in [3.8, 4) is 11.5 Å². The average Bonchev–Trinajstić information content (AvgIpc) is 2.79. The molecule has 7 nitrogen and oxygen atoms in total. The van der Waals surface area contributed by atoms with Crippen molar-refractivity contribution in [2.24, 2.45) is 4.99 Å². The molecule has 0 amide bonds. The Kier molecular flexibility index (Phi) is 14.5. The Morgan fingerprint density at radius 1 is 0.935 bits per heavy atom. The number of benzene rings is 2. The molecule has 0 radical (unpaired) electrons. The molecule has 0 spiro atoms. The number of ether oxygens (including phenoxy) is 4.